The second-order valence-corrected chi connectivity index (χ2v) is 4.53. The summed E-state index contributed by atoms with van der Waals surface area (Å²) in [5, 5.41) is 1.13. The van der Waals surface area contributed by atoms with Crippen LogP contribution in [0, 0.1) is 0 Å². The number of rotatable bonds is 3. The number of halogens is 2. The second kappa shape index (κ2) is 7.17. The molecule has 1 rings (SSSR count). The van der Waals surface area contributed by atoms with Gasteiger partial charge >= 0.3 is 0 Å². The van der Waals surface area contributed by atoms with Gasteiger partial charge in [-0.05, 0) is 55.4 Å². The molecule has 0 radical (unpaired) electrons. The van der Waals surface area contributed by atoms with Gasteiger partial charge in [0.15, 0.2) is 5.11 Å². The Morgan fingerprint density at radius 1 is 1.47 bits per heavy atom. The fraction of sp³-hybridized carbons (Fsp3) is 0.222. The van der Waals surface area contributed by atoms with Gasteiger partial charge in [-0.3, -0.25) is 4.31 Å². The molecule has 0 unspecified atom stereocenters. The monoisotopic (exact) mass is 282 g/mol. The van der Waals surface area contributed by atoms with Crippen molar-refractivity contribution in [1.82, 2.24) is 4.31 Å². The standard InChI is InChI=1S/C9H11ClN2S2.ClH/c1-2-12(9(11)13)14-8-5-3-7(10)4-6-8;/h3-6H,2H2,1H3,(H2,11,13);1H. The summed E-state index contributed by atoms with van der Waals surface area (Å²) in [5.74, 6) is 0. The zero-order chi connectivity index (χ0) is 10.6. The molecule has 0 saturated heterocycles. The van der Waals surface area contributed by atoms with E-state index in [0.29, 0.717) is 5.11 Å². The van der Waals surface area contributed by atoms with Crippen molar-refractivity contribution in [1.29, 1.82) is 0 Å². The molecule has 0 atom stereocenters. The highest BCUT2D eigenvalue weighted by Gasteiger charge is 2.05. The van der Waals surface area contributed by atoms with Gasteiger partial charge in [0.2, 0.25) is 0 Å². The van der Waals surface area contributed by atoms with Crippen molar-refractivity contribution in [3.8, 4) is 0 Å². The van der Waals surface area contributed by atoms with E-state index < -0.39 is 0 Å². The molecule has 0 aliphatic rings. The molecule has 0 amide bonds. The highest BCUT2D eigenvalue weighted by atomic mass is 35.5. The molecule has 15 heavy (non-hydrogen) atoms. The van der Waals surface area contributed by atoms with E-state index in [0.717, 1.165) is 16.5 Å². The lowest BCUT2D eigenvalue weighted by Crippen LogP contribution is -2.29. The summed E-state index contributed by atoms with van der Waals surface area (Å²) < 4.78 is 1.85. The lowest BCUT2D eigenvalue weighted by Gasteiger charge is -2.18. The molecular weight excluding hydrogens is 271 g/mol. The van der Waals surface area contributed by atoms with Crippen molar-refractivity contribution in [2.45, 2.75) is 11.8 Å². The Bertz CT molecular complexity index is 316. The fourth-order valence-electron chi connectivity index (χ4n) is 0.888. The molecular formula is C9H12Cl2N2S2. The van der Waals surface area contributed by atoms with Crippen molar-refractivity contribution in [2.75, 3.05) is 6.54 Å². The normalized spacial score (nSPS) is 9.20. The summed E-state index contributed by atoms with van der Waals surface area (Å²) in [6.45, 7) is 2.78. The van der Waals surface area contributed by atoms with Crippen LogP contribution < -0.4 is 5.73 Å². The first-order valence-electron chi connectivity index (χ1n) is 4.14. The number of nitrogens with zero attached hydrogens (tertiary/aromatic N) is 1. The van der Waals surface area contributed by atoms with Gasteiger partial charge in [-0.25, -0.2) is 0 Å². The lowest BCUT2D eigenvalue weighted by atomic mass is 10.4. The minimum Gasteiger partial charge on any atom is -0.375 e. The van der Waals surface area contributed by atoms with E-state index in [2.05, 4.69) is 0 Å². The maximum atomic E-state index is 5.77. The Labute approximate surface area is 111 Å². The van der Waals surface area contributed by atoms with Gasteiger partial charge in [-0.15, -0.1) is 12.4 Å². The number of thiocarbonyl (C=S) groups is 1. The van der Waals surface area contributed by atoms with E-state index in [1.54, 1.807) is 0 Å². The zero-order valence-electron chi connectivity index (χ0n) is 8.14. The van der Waals surface area contributed by atoms with E-state index >= 15 is 0 Å². The van der Waals surface area contributed by atoms with Crippen LogP contribution in [0.3, 0.4) is 0 Å². The molecule has 0 bridgehead atoms. The Hall–Kier alpha value is -0.160. The van der Waals surface area contributed by atoms with Gasteiger partial charge in [0.1, 0.15) is 0 Å². The van der Waals surface area contributed by atoms with Gasteiger partial charge in [0.05, 0.1) is 0 Å². The summed E-state index contributed by atoms with van der Waals surface area (Å²) in [6.07, 6.45) is 0. The zero-order valence-corrected chi connectivity index (χ0v) is 11.3. The van der Waals surface area contributed by atoms with Crippen molar-refractivity contribution in [3.63, 3.8) is 0 Å². The first-order valence-corrected chi connectivity index (χ1v) is 5.70. The molecule has 1 aromatic rings. The van der Waals surface area contributed by atoms with Crippen molar-refractivity contribution >= 4 is 53.3 Å². The number of hydrogen-bond donors (Lipinski definition) is 1. The lowest BCUT2D eigenvalue weighted by molar-refractivity contribution is 0.719. The van der Waals surface area contributed by atoms with Crippen LogP contribution in [0.15, 0.2) is 29.2 Å². The number of benzene rings is 1. The van der Waals surface area contributed by atoms with Crippen LogP contribution in [0.2, 0.25) is 5.02 Å². The molecule has 6 heteroatoms. The van der Waals surface area contributed by atoms with Crippen LogP contribution in [0.4, 0.5) is 0 Å². The smallest absolute Gasteiger partial charge is 0.176 e. The average Bonchev–Trinajstić information content (AvgIpc) is 2.16. The van der Waals surface area contributed by atoms with Crippen LogP contribution in [0.25, 0.3) is 0 Å². The second-order valence-electron chi connectivity index (χ2n) is 2.58. The molecule has 84 valence electrons. The van der Waals surface area contributed by atoms with Gasteiger partial charge in [-0.2, -0.15) is 0 Å². The molecule has 0 heterocycles. The highest BCUT2D eigenvalue weighted by molar-refractivity contribution is 7.98. The predicted molar refractivity (Wildman–Crippen MR) is 73.7 cm³/mol. The third-order valence-electron chi connectivity index (χ3n) is 1.56. The Morgan fingerprint density at radius 3 is 2.40 bits per heavy atom. The molecule has 0 aromatic heterocycles. The van der Waals surface area contributed by atoms with Crippen LogP contribution >= 0.6 is 48.2 Å². The molecule has 1 aromatic carbocycles. The summed E-state index contributed by atoms with van der Waals surface area (Å²) >= 11 is 12.2. The van der Waals surface area contributed by atoms with E-state index in [-0.39, 0.29) is 12.4 Å². The Balaban J connectivity index is 0.00000196. The average molecular weight is 283 g/mol. The van der Waals surface area contributed by atoms with Gasteiger partial charge < -0.3 is 5.73 Å². The predicted octanol–water partition coefficient (Wildman–Crippen LogP) is 3.33. The Morgan fingerprint density at radius 2 is 2.00 bits per heavy atom. The largest absolute Gasteiger partial charge is 0.375 e. The molecule has 0 fully saturated rings. The van der Waals surface area contributed by atoms with Crippen LogP contribution in [-0.2, 0) is 0 Å². The summed E-state index contributed by atoms with van der Waals surface area (Å²) in [4.78, 5) is 1.07. The minimum atomic E-state index is 0. The molecule has 0 aliphatic heterocycles. The summed E-state index contributed by atoms with van der Waals surface area (Å²) in [5.41, 5.74) is 5.54. The third kappa shape index (κ3) is 4.93. The van der Waals surface area contributed by atoms with E-state index in [4.69, 9.17) is 29.6 Å². The van der Waals surface area contributed by atoms with Crippen molar-refractivity contribution < 1.29 is 0 Å². The first-order chi connectivity index (χ1) is 6.63. The quantitative estimate of drug-likeness (QED) is 0.680. The van der Waals surface area contributed by atoms with E-state index in [9.17, 15) is 0 Å². The third-order valence-corrected chi connectivity index (χ3v) is 3.31. The molecule has 0 aliphatic carbocycles. The van der Waals surface area contributed by atoms with Crippen LogP contribution in [-0.4, -0.2) is 16.0 Å². The molecule has 0 spiro atoms. The first kappa shape index (κ1) is 14.8. The maximum Gasteiger partial charge on any atom is 0.176 e. The minimum absolute atomic E-state index is 0. The van der Waals surface area contributed by atoms with Gasteiger partial charge in [0, 0.05) is 16.5 Å². The number of hydrogen-bond acceptors (Lipinski definition) is 2. The maximum absolute atomic E-state index is 5.77. The van der Waals surface area contributed by atoms with Gasteiger partial charge in [0.25, 0.3) is 0 Å². The van der Waals surface area contributed by atoms with Crippen LogP contribution in [0.1, 0.15) is 6.92 Å². The fourth-order valence-corrected chi connectivity index (χ4v) is 1.99. The van der Waals surface area contributed by atoms with Crippen LogP contribution in [0.5, 0.6) is 0 Å². The van der Waals surface area contributed by atoms with E-state index in [1.807, 2.05) is 35.5 Å². The number of nitrogens with two attached hydrogens (primary N) is 1. The molecule has 2 nitrogen and oxygen atoms in total. The van der Waals surface area contributed by atoms with Gasteiger partial charge in [-0.1, -0.05) is 11.6 Å². The van der Waals surface area contributed by atoms with Crippen molar-refractivity contribution in [3.05, 3.63) is 29.3 Å². The summed E-state index contributed by atoms with van der Waals surface area (Å²) in [6, 6.07) is 7.57. The topological polar surface area (TPSA) is 29.3 Å². The van der Waals surface area contributed by atoms with Crippen molar-refractivity contribution in [2.24, 2.45) is 5.73 Å². The highest BCUT2D eigenvalue weighted by Crippen LogP contribution is 2.23. The van der Waals surface area contributed by atoms with E-state index in [1.165, 1.54) is 11.9 Å². The molecule has 0 saturated carbocycles. The summed E-state index contributed by atoms with van der Waals surface area (Å²) in [7, 11) is 0. The Kier molecular flexibility index (Phi) is 7.09. The SMILES string of the molecule is CCN(Sc1ccc(Cl)cc1)C(N)=S.Cl. The molecule has 2 N–H and O–H groups in total.